The van der Waals surface area contributed by atoms with Gasteiger partial charge in [-0.2, -0.15) is 5.10 Å². The van der Waals surface area contributed by atoms with Gasteiger partial charge >= 0.3 is 0 Å². The standard InChI is InChI=1S/C17H30N4O/c1-13-14(12-18-20(13)5)6-7-16(22)19-15-8-10-21(11-9-15)17(2,3)4/h12,15H,6-11H2,1-5H3,(H,19,22). The summed E-state index contributed by atoms with van der Waals surface area (Å²) in [5, 5.41) is 7.42. The normalized spacial score (nSPS) is 17.7. The van der Waals surface area contributed by atoms with Gasteiger partial charge in [0.25, 0.3) is 0 Å². The fraction of sp³-hybridized carbons (Fsp3) is 0.765. The molecule has 0 bridgehead atoms. The maximum atomic E-state index is 12.1. The van der Waals surface area contributed by atoms with Gasteiger partial charge in [0.1, 0.15) is 0 Å². The highest BCUT2D eigenvalue weighted by Crippen LogP contribution is 2.20. The van der Waals surface area contributed by atoms with Crippen molar-refractivity contribution in [2.45, 2.75) is 65.0 Å². The number of carbonyl (C=O) groups is 1. The van der Waals surface area contributed by atoms with Crippen LogP contribution in [-0.2, 0) is 18.3 Å². The summed E-state index contributed by atoms with van der Waals surface area (Å²) < 4.78 is 1.86. The van der Waals surface area contributed by atoms with Crippen molar-refractivity contribution < 1.29 is 4.79 Å². The minimum Gasteiger partial charge on any atom is -0.353 e. The molecule has 0 spiro atoms. The molecule has 1 N–H and O–H groups in total. The third-order valence-corrected chi connectivity index (χ3v) is 4.77. The van der Waals surface area contributed by atoms with E-state index in [0.717, 1.165) is 38.0 Å². The second-order valence-corrected chi connectivity index (χ2v) is 7.38. The second kappa shape index (κ2) is 6.82. The topological polar surface area (TPSA) is 50.2 Å². The lowest BCUT2D eigenvalue weighted by molar-refractivity contribution is -0.122. The molecule has 0 aromatic carbocycles. The average Bonchev–Trinajstić information content (AvgIpc) is 2.76. The molecule has 2 rings (SSSR count). The smallest absolute Gasteiger partial charge is 0.220 e. The first-order valence-electron chi connectivity index (χ1n) is 8.29. The molecule has 0 radical (unpaired) electrons. The highest BCUT2D eigenvalue weighted by molar-refractivity contribution is 5.76. The Kier molecular flexibility index (Phi) is 5.27. The quantitative estimate of drug-likeness (QED) is 0.926. The van der Waals surface area contributed by atoms with Crippen molar-refractivity contribution >= 4 is 5.91 Å². The van der Waals surface area contributed by atoms with Crippen LogP contribution in [-0.4, -0.2) is 45.3 Å². The van der Waals surface area contributed by atoms with E-state index in [9.17, 15) is 4.79 Å². The van der Waals surface area contributed by atoms with Crippen molar-refractivity contribution in [3.63, 3.8) is 0 Å². The number of amides is 1. The highest BCUT2D eigenvalue weighted by atomic mass is 16.1. The number of hydrogen-bond donors (Lipinski definition) is 1. The van der Waals surface area contributed by atoms with Crippen LogP contribution in [0.1, 0.15) is 51.3 Å². The van der Waals surface area contributed by atoms with E-state index in [0.29, 0.717) is 12.5 Å². The maximum Gasteiger partial charge on any atom is 0.220 e. The molecule has 1 aromatic heterocycles. The second-order valence-electron chi connectivity index (χ2n) is 7.38. The van der Waals surface area contributed by atoms with Gasteiger partial charge in [-0.15, -0.1) is 0 Å². The van der Waals surface area contributed by atoms with E-state index < -0.39 is 0 Å². The first-order valence-corrected chi connectivity index (χ1v) is 8.29. The molecule has 22 heavy (non-hydrogen) atoms. The molecule has 124 valence electrons. The number of piperidine rings is 1. The fourth-order valence-electron chi connectivity index (χ4n) is 3.03. The number of nitrogens with zero attached hydrogens (tertiary/aromatic N) is 3. The summed E-state index contributed by atoms with van der Waals surface area (Å²) in [5.74, 6) is 0.164. The Labute approximate surface area is 134 Å². The van der Waals surface area contributed by atoms with Crippen LogP contribution >= 0.6 is 0 Å². The number of hydrogen-bond acceptors (Lipinski definition) is 3. The molecule has 5 nitrogen and oxygen atoms in total. The average molecular weight is 306 g/mol. The van der Waals surface area contributed by atoms with E-state index in [1.807, 2.05) is 24.9 Å². The van der Waals surface area contributed by atoms with Gasteiger partial charge in [-0.3, -0.25) is 14.4 Å². The zero-order valence-electron chi connectivity index (χ0n) is 14.6. The lowest BCUT2D eigenvalue weighted by Crippen LogP contribution is -2.50. The Balaban J connectivity index is 1.73. The van der Waals surface area contributed by atoms with E-state index in [4.69, 9.17) is 0 Å². The molecule has 1 saturated heterocycles. The lowest BCUT2D eigenvalue weighted by atomic mass is 9.98. The van der Waals surface area contributed by atoms with Gasteiger partial charge in [0.15, 0.2) is 0 Å². The van der Waals surface area contributed by atoms with Gasteiger partial charge in [0.05, 0.1) is 6.20 Å². The van der Waals surface area contributed by atoms with Crippen molar-refractivity contribution in [2.24, 2.45) is 7.05 Å². The summed E-state index contributed by atoms with van der Waals surface area (Å²) in [6.07, 6.45) is 5.28. The largest absolute Gasteiger partial charge is 0.353 e. The van der Waals surface area contributed by atoms with E-state index in [1.165, 1.54) is 5.56 Å². The summed E-state index contributed by atoms with van der Waals surface area (Å²) in [4.78, 5) is 14.6. The maximum absolute atomic E-state index is 12.1. The molecule has 2 heterocycles. The van der Waals surface area contributed by atoms with Gasteiger partial charge < -0.3 is 5.32 Å². The first kappa shape index (κ1) is 17.0. The van der Waals surface area contributed by atoms with Crippen molar-refractivity contribution in [3.8, 4) is 0 Å². The third-order valence-electron chi connectivity index (χ3n) is 4.77. The van der Waals surface area contributed by atoms with Crippen molar-refractivity contribution in [2.75, 3.05) is 13.1 Å². The van der Waals surface area contributed by atoms with Crippen LogP contribution in [0, 0.1) is 6.92 Å². The zero-order valence-corrected chi connectivity index (χ0v) is 14.6. The predicted molar refractivity (Wildman–Crippen MR) is 88.8 cm³/mol. The van der Waals surface area contributed by atoms with Gasteiger partial charge in [-0.1, -0.05) is 0 Å². The monoisotopic (exact) mass is 306 g/mol. The summed E-state index contributed by atoms with van der Waals surface area (Å²) in [6, 6.07) is 0.334. The van der Waals surface area contributed by atoms with Gasteiger partial charge in [0.2, 0.25) is 5.91 Å². The van der Waals surface area contributed by atoms with Gasteiger partial charge in [-0.25, -0.2) is 0 Å². The van der Waals surface area contributed by atoms with Crippen LogP contribution in [0.4, 0.5) is 0 Å². The van der Waals surface area contributed by atoms with Crippen molar-refractivity contribution in [3.05, 3.63) is 17.5 Å². The number of aryl methyl sites for hydroxylation is 2. The number of likely N-dealkylation sites (tertiary alicyclic amines) is 1. The Morgan fingerprint density at radius 3 is 2.50 bits per heavy atom. The van der Waals surface area contributed by atoms with Gasteiger partial charge in [-0.05, 0) is 52.5 Å². The minimum absolute atomic E-state index is 0.164. The number of aromatic nitrogens is 2. The summed E-state index contributed by atoms with van der Waals surface area (Å²) in [5.41, 5.74) is 2.54. The van der Waals surface area contributed by atoms with Gasteiger partial charge in [0, 0.05) is 43.8 Å². The van der Waals surface area contributed by atoms with Crippen molar-refractivity contribution in [1.82, 2.24) is 20.0 Å². The molecule has 0 aliphatic carbocycles. The Hall–Kier alpha value is -1.36. The molecule has 0 unspecified atom stereocenters. The minimum atomic E-state index is 0.164. The number of nitrogens with one attached hydrogen (secondary N) is 1. The van der Waals surface area contributed by atoms with E-state index in [-0.39, 0.29) is 11.4 Å². The summed E-state index contributed by atoms with van der Waals surface area (Å²) in [6.45, 7) is 10.9. The van der Waals surface area contributed by atoms with Crippen LogP contribution < -0.4 is 5.32 Å². The van der Waals surface area contributed by atoms with Crippen LogP contribution in [0.2, 0.25) is 0 Å². The van der Waals surface area contributed by atoms with Crippen LogP contribution in [0.25, 0.3) is 0 Å². The number of carbonyl (C=O) groups excluding carboxylic acids is 1. The van der Waals surface area contributed by atoms with Crippen LogP contribution in [0.3, 0.4) is 0 Å². The summed E-state index contributed by atoms with van der Waals surface area (Å²) in [7, 11) is 1.93. The first-order chi connectivity index (χ1) is 10.3. The molecule has 1 aliphatic heterocycles. The SMILES string of the molecule is Cc1c(CCC(=O)NC2CCN(C(C)(C)C)CC2)cnn1C. The van der Waals surface area contributed by atoms with E-state index in [2.05, 4.69) is 36.1 Å². The predicted octanol–water partition coefficient (Wildman–Crippen LogP) is 2.04. The zero-order chi connectivity index (χ0) is 16.3. The van der Waals surface area contributed by atoms with E-state index in [1.54, 1.807) is 0 Å². The molecule has 1 amide bonds. The third kappa shape index (κ3) is 4.32. The van der Waals surface area contributed by atoms with Crippen molar-refractivity contribution in [1.29, 1.82) is 0 Å². The van der Waals surface area contributed by atoms with Crippen LogP contribution in [0.5, 0.6) is 0 Å². The molecular weight excluding hydrogens is 276 g/mol. The van der Waals surface area contributed by atoms with Crippen LogP contribution in [0.15, 0.2) is 6.20 Å². The molecule has 1 aromatic rings. The highest BCUT2D eigenvalue weighted by Gasteiger charge is 2.27. The molecule has 0 saturated carbocycles. The Morgan fingerprint density at radius 1 is 1.36 bits per heavy atom. The Bertz CT molecular complexity index is 507. The number of rotatable bonds is 4. The molecule has 1 aliphatic rings. The Morgan fingerprint density at radius 2 is 2.00 bits per heavy atom. The molecule has 1 fully saturated rings. The molecular formula is C17H30N4O. The molecule has 0 atom stereocenters. The lowest BCUT2D eigenvalue weighted by Gasteiger charge is -2.41. The van der Waals surface area contributed by atoms with E-state index >= 15 is 0 Å². The fourth-order valence-corrected chi connectivity index (χ4v) is 3.03. The summed E-state index contributed by atoms with van der Waals surface area (Å²) >= 11 is 0. The molecule has 5 heteroatoms.